The zero-order valence-electron chi connectivity index (χ0n) is 11.3. The Morgan fingerprint density at radius 2 is 2.10 bits per heavy atom. The van der Waals surface area contributed by atoms with Crippen molar-refractivity contribution < 1.29 is 14.6 Å². The number of anilines is 1. The number of halogens is 1. The summed E-state index contributed by atoms with van der Waals surface area (Å²) < 4.78 is 5.61. The summed E-state index contributed by atoms with van der Waals surface area (Å²) in [7, 11) is 0. The molecule has 1 saturated carbocycles. The fourth-order valence-electron chi connectivity index (χ4n) is 2.44. The highest BCUT2D eigenvalue weighted by molar-refractivity contribution is 6.30. The third kappa shape index (κ3) is 4.78. The van der Waals surface area contributed by atoms with Gasteiger partial charge in [-0.05, 0) is 49.8 Å². The zero-order chi connectivity index (χ0) is 14.4. The topological polar surface area (TPSA) is 58.6 Å². The number of aliphatic hydroxyl groups excluding tert-OH is 1. The summed E-state index contributed by atoms with van der Waals surface area (Å²) in [5.74, 6) is 0.228. The number of aliphatic hydroxyl groups is 1. The van der Waals surface area contributed by atoms with Gasteiger partial charge >= 0.3 is 0 Å². The molecule has 5 heteroatoms. The molecule has 0 atom stereocenters. The van der Waals surface area contributed by atoms with Crippen LogP contribution in [0.15, 0.2) is 24.3 Å². The Hall–Kier alpha value is -1.10. The van der Waals surface area contributed by atoms with Crippen LogP contribution in [-0.4, -0.2) is 30.3 Å². The van der Waals surface area contributed by atoms with E-state index < -0.39 is 0 Å². The summed E-state index contributed by atoms with van der Waals surface area (Å²) in [5.41, 5.74) is 0.676. The number of ether oxygens (including phenoxy) is 1. The lowest BCUT2D eigenvalue weighted by atomic mass is 9.88. The predicted octanol–water partition coefficient (Wildman–Crippen LogP) is 2.85. The van der Waals surface area contributed by atoms with Crippen LogP contribution in [0.3, 0.4) is 0 Å². The van der Waals surface area contributed by atoms with E-state index in [2.05, 4.69) is 5.32 Å². The van der Waals surface area contributed by atoms with Crippen molar-refractivity contribution in [3.8, 4) is 0 Å². The molecular formula is C15H20ClNO3. The molecule has 20 heavy (non-hydrogen) atoms. The van der Waals surface area contributed by atoms with E-state index >= 15 is 0 Å². The first-order valence-corrected chi connectivity index (χ1v) is 7.33. The average Bonchev–Trinajstić information content (AvgIpc) is 2.46. The predicted molar refractivity (Wildman–Crippen MR) is 78.9 cm³/mol. The standard InChI is InChI=1S/C15H20ClNO3/c16-12-2-1-3-13(8-12)17-15(19)10-20-14-6-4-11(9-18)5-7-14/h1-3,8,11,14,18H,4-7,9-10H2,(H,17,19). The van der Waals surface area contributed by atoms with Gasteiger partial charge in [0.25, 0.3) is 0 Å². The third-order valence-electron chi connectivity index (χ3n) is 3.61. The van der Waals surface area contributed by atoms with Gasteiger partial charge in [0.05, 0.1) is 6.10 Å². The maximum absolute atomic E-state index is 11.8. The fourth-order valence-corrected chi connectivity index (χ4v) is 2.63. The van der Waals surface area contributed by atoms with Gasteiger partial charge in [-0.3, -0.25) is 4.79 Å². The summed E-state index contributed by atoms with van der Waals surface area (Å²) >= 11 is 5.85. The molecule has 0 unspecified atom stereocenters. The van der Waals surface area contributed by atoms with E-state index in [0.717, 1.165) is 25.7 Å². The monoisotopic (exact) mass is 297 g/mol. The van der Waals surface area contributed by atoms with Gasteiger partial charge in [-0.25, -0.2) is 0 Å². The molecule has 0 bridgehead atoms. The summed E-state index contributed by atoms with van der Waals surface area (Å²) in [6, 6.07) is 7.03. The minimum Gasteiger partial charge on any atom is -0.396 e. The smallest absolute Gasteiger partial charge is 0.250 e. The molecule has 4 nitrogen and oxygen atoms in total. The van der Waals surface area contributed by atoms with Gasteiger partial charge in [-0.1, -0.05) is 17.7 Å². The molecule has 0 spiro atoms. The highest BCUT2D eigenvalue weighted by atomic mass is 35.5. The molecule has 0 aromatic heterocycles. The van der Waals surface area contributed by atoms with Crippen LogP contribution >= 0.6 is 11.6 Å². The Bertz CT molecular complexity index is 444. The van der Waals surface area contributed by atoms with E-state index in [4.69, 9.17) is 21.4 Å². The Kier molecular flexibility index (Phi) is 5.83. The van der Waals surface area contributed by atoms with Crippen molar-refractivity contribution in [3.05, 3.63) is 29.3 Å². The summed E-state index contributed by atoms with van der Waals surface area (Å²) in [6.45, 7) is 0.308. The first-order chi connectivity index (χ1) is 9.67. The quantitative estimate of drug-likeness (QED) is 0.878. The van der Waals surface area contributed by atoms with Crippen molar-refractivity contribution in [2.75, 3.05) is 18.5 Å². The van der Waals surface area contributed by atoms with Crippen molar-refractivity contribution in [1.82, 2.24) is 0 Å². The number of carbonyl (C=O) groups excluding carboxylic acids is 1. The van der Waals surface area contributed by atoms with E-state index in [-0.39, 0.29) is 25.2 Å². The number of rotatable bonds is 5. The summed E-state index contributed by atoms with van der Waals surface area (Å²) in [4.78, 5) is 11.8. The number of carbonyl (C=O) groups is 1. The van der Waals surface area contributed by atoms with Gasteiger partial charge < -0.3 is 15.2 Å². The molecule has 1 aliphatic carbocycles. The van der Waals surface area contributed by atoms with Crippen LogP contribution in [0.1, 0.15) is 25.7 Å². The minimum absolute atomic E-state index is 0.0565. The van der Waals surface area contributed by atoms with Crippen LogP contribution in [0.4, 0.5) is 5.69 Å². The van der Waals surface area contributed by atoms with Crippen LogP contribution < -0.4 is 5.32 Å². The number of benzene rings is 1. The molecule has 0 aliphatic heterocycles. The van der Waals surface area contributed by atoms with Crippen molar-refractivity contribution in [2.24, 2.45) is 5.92 Å². The van der Waals surface area contributed by atoms with E-state index in [1.54, 1.807) is 24.3 Å². The van der Waals surface area contributed by atoms with Gasteiger partial charge in [0, 0.05) is 17.3 Å². The second-order valence-electron chi connectivity index (χ2n) is 5.19. The van der Waals surface area contributed by atoms with Gasteiger partial charge in [-0.15, -0.1) is 0 Å². The second kappa shape index (κ2) is 7.62. The van der Waals surface area contributed by atoms with Crippen molar-refractivity contribution in [2.45, 2.75) is 31.8 Å². The average molecular weight is 298 g/mol. The number of nitrogens with one attached hydrogen (secondary N) is 1. The molecule has 1 amide bonds. The Morgan fingerprint density at radius 3 is 2.75 bits per heavy atom. The second-order valence-corrected chi connectivity index (χ2v) is 5.63. The number of hydrogen-bond donors (Lipinski definition) is 2. The Balaban J connectivity index is 1.70. The maximum atomic E-state index is 11.8. The molecule has 1 aromatic carbocycles. The molecule has 0 radical (unpaired) electrons. The van der Waals surface area contributed by atoms with Crippen molar-refractivity contribution in [1.29, 1.82) is 0 Å². The number of amides is 1. The van der Waals surface area contributed by atoms with Gasteiger partial charge in [0.1, 0.15) is 6.61 Å². The lowest BCUT2D eigenvalue weighted by Gasteiger charge is -2.27. The van der Waals surface area contributed by atoms with E-state index in [1.807, 2.05) is 0 Å². The molecule has 0 heterocycles. The summed E-state index contributed by atoms with van der Waals surface area (Å²) in [6.07, 6.45) is 3.89. The molecule has 1 aromatic rings. The van der Waals surface area contributed by atoms with Crippen molar-refractivity contribution >= 4 is 23.2 Å². The van der Waals surface area contributed by atoms with Crippen LogP contribution in [0.5, 0.6) is 0 Å². The first-order valence-electron chi connectivity index (χ1n) is 6.95. The number of hydrogen-bond acceptors (Lipinski definition) is 3. The van der Waals surface area contributed by atoms with Gasteiger partial charge in [0.15, 0.2) is 0 Å². The molecular weight excluding hydrogens is 278 g/mol. The zero-order valence-corrected chi connectivity index (χ0v) is 12.1. The fraction of sp³-hybridized carbons (Fsp3) is 0.533. The van der Waals surface area contributed by atoms with E-state index in [9.17, 15) is 4.79 Å². The largest absolute Gasteiger partial charge is 0.396 e. The molecule has 0 saturated heterocycles. The molecule has 2 rings (SSSR count). The molecule has 1 fully saturated rings. The van der Waals surface area contributed by atoms with Crippen LogP contribution in [-0.2, 0) is 9.53 Å². The molecule has 110 valence electrons. The lowest BCUT2D eigenvalue weighted by molar-refractivity contribution is -0.123. The van der Waals surface area contributed by atoms with E-state index in [0.29, 0.717) is 16.6 Å². The van der Waals surface area contributed by atoms with Gasteiger partial charge in [-0.2, -0.15) is 0 Å². The van der Waals surface area contributed by atoms with Crippen LogP contribution in [0, 0.1) is 5.92 Å². The van der Waals surface area contributed by atoms with Crippen LogP contribution in [0.25, 0.3) is 0 Å². The highest BCUT2D eigenvalue weighted by Crippen LogP contribution is 2.25. The first kappa shape index (κ1) is 15.3. The van der Waals surface area contributed by atoms with Crippen LogP contribution in [0.2, 0.25) is 5.02 Å². The molecule has 2 N–H and O–H groups in total. The maximum Gasteiger partial charge on any atom is 0.250 e. The SMILES string of the molecule is O=C(COC1CCC(CO)CC1)Nc1cccc(Cl)c1. The molecule has 1 aliphatic rings. The summed E-state index contributed by atoms with van der Waals surface area (Å²) in [5, 5.41) is 12.4. The Morgan fingerprint density at radius 1 is 1.35 bits per heavy atom. The minimum atomic E-state index is -0.170. The third-order valence-corrected chi connectivity index (χ3v) is 3.85. The van der Waals surface area contributed by atoms with Crippen molar-refractivity contribution in [3.63, 3.8) is 0 Å². The Labute approximate surface area is 124 Å². The van der Waals surface area contributed by atoms with Gasteiger partial charge in [0.2, 0.25) is 5.91 Å². The van der Waals surface area contributed by atoms with E-state index in [1.165, 1.54) is 0 Å². The highest BCUT2D eigenvalue weighted by Gasteiger charge is 2.21. The lowest BCUT2D eigenvalue weighted by Crippen LogP contribution is -2.27. The normalized spacial score (nSPS) is 22.5.